The van der Waals surface area contributed by atoms with Gasteiger partial charge in [0.15, 0.2) is 0 Å². The highest BCUT2D eigenvalue weighted by Crippen LogP contribution is 2.15. The molecule has 0 atom stereocenters. The second-order valence-corrected chi connectivity index (χ2v) is 6.17. The SMILES string of the molecule is COCCNCCNC(=O)c1cccc(NC(=O)c2ccc3nc[nH]c3c2)c1.Cl.Cl. The lowest BCUT2D eigenvalue weighted by Crippen LogP contribution is -2.33. The zero-order chi connectivity index (χ0) is 19.8. The first-order chi connectivity index (χ1) is 13.7. The van der Waals surface area contributed by atoms with Crippen molar-refractivity contribution in [3.63, 3.8) is 0 Å². The zero-order valence-corrected chi connectivity index (χ0v) is 18.1. The minimum atomic E-state index is -0.253. The van der Waals surface area contributed by atoms with Crippen LogP contribution in [0.25, 0.3) is 11.0 Å². The summed E-state index contributed by atoms with van der Waals surface area (Å²) in [5.74, 6) is -0.445. The first kappa shape index (κ1) is 25.4. The van der Waals surface area contributed by atoms with Gasteiger partial charge in [-0.25, -0.2) is 4.98 Å². The molecule has 162 valence electrons. The molecule has 0 aliphatic rings. The maximum atomic E-state index is 12.5. The number of amides is 2. The van der Waals surface area contributed by atoms with E-state index in [1.165, 1.54) is 0 Å². The number of carbonyl (C=O) groups is 2. The number of anilines is 1. The Labute approximate surface area is 187 Å². The lowest BCUT2D eigenvalue weighted by Gasteiger charge is -2.09. The molecule has 0 fully saturated rings. The fraction of sp³-hybridized carbons (Fsp3) is 0.250. The highest BCUT2D eigenvalue weighted by molar-refractivity contribution is 6.06. The average molecular weight is 454 g/mol. The van der Waals surface area contributed by atoms with E-state index in [9.17, 15) is 9.59 Å². The third-order valence-corrected chi connectivity index (χ3v) is 4.14. The quantitative estimate of drug-likeness (QED) is 0.372. The highest BCUT2D eigenvalue weighted by Gasteiger charge is 2.10. The van der Waals surface area contributed by atoms with Gasteiger partial charge in [0.25, 0.3) is 11.8 Å². The van der Waals surface area contributed by atoms with Crippen LogP contribution in [0.5, 0.6) is 0 Å². The van der Waals surface area contributed by atoms with Crippen molar-refractivity contribution in [3.8, 4) is 0 Å². The van der Waals surface area contributed by atoms with Crippen LogP contribution in [-0.4, -0.2) is 55.1 Å². The van der Waals surface area contributed by atoms with E-state index < -0.39 is 0 Å². The summed E-state index contributed by atoms with van der Waals surface area (Å²) in [7, 11) is 1.64. The summed E-state index contributed by atoms with van der Waals surface area (Å²) in [6.07, 6.45) is 1.58. The number of imidazole rings is 1. The highest BCUT2D eigenvalue weighted by atomic mass is 35.5. The summed E-state index contributed by atoms with van der Waals surface area (Å²) in [5, 5.41) is 8.82. The van der Waals surface area contributed by atoms with Crippen molar-refractivity contribution < 1.29 is 14.3 Å². The lowest BCUT2D eigenvalue weighted by molar-refractivity contribution is 0.0952. The summed E-state index contributed by atoms with van der Waals surface area (Å²) < 4.78 is 4.94. The van der Waals surface area contributed by atoms with Crippen LogP contribution in [0, 0.1) is 0 Å². The molecule has 4 N–H and O–H groups in total. The first-order valence-corrected chi connectivity index (χ1v) is 9.00. The number of halogens is 2. The van der Waals surface area contributed by atoms with E-state index in [-0.39, 0.29) is 36.6 Å². The van der Waals surface area contributed by atoms with E-state index in [4.69, 9.17) is 4.74 Å². The maximum absolute atomic E-state index is 12.5. The molecule has 0 aliphatic heterocycles. The Hall–Kier alpha value is -2.65. The van der Waals surface area contributed by atoms with Gasteiger partial charge in [0.1, 0.15) is 0 Å². The fourth-order valence-corrected chi connectivity index (χ4v) is 2.68. The number of benzene rings is 2. The number of H-pyrrole nitrogens is 1. The van der Waals surface area contributed by atoms with E-state index in [2.05, 4.69) is 25.9 Å². The van der Waals surface area contributed by atoms with E-state index in [1.807, 2.05) is 0 Å². The van der Waals surface area contributed by atoms with Crippen LogP contribution >= 0.6 is 24.8 Å². The zero-order valence-electron chi connectivity index (χ0n) is 16.4. The number of methoxy groups -OCH3 is 1. The molecule has 0 unspecified atom stereocenters. The van der Waals surface area contributed by atoms with Crippen LogP contribution in [0.3, 0.4) is 0 Å². The van der Waals surface area contributed by atoms with Crippen molar-refractivity contribution in [2.75, 3.05) is 38.7 Å². The van der Waals surface area contributed by atoms with Gasteiger partial charge >= 0.3 is 0 Å². The predicted molar refractivity (Wildman–Crippen MR) is 122 cm³/mol. The Kier molecular flexibility index (Phi) is 10.8. The molecule has 10 heteroatoms. The standard InChI is InChI=1S/C20H23N5O3.2ClH/c1-28-10-9-21-7-8-22-19(26)14-3-2-4-16(11-14)25-20(27)15-5-6-17-18(12-15)24-13-23-17;;/h2-6,11-13,21H,7-10H2,1H3,(H,22,26)(H,23,24)(H,25,27);2*1H. The van der Waals surface area contributed by atoms with Crippen molar-refractivity contribution in [1.82, 2.24) is 20.6 Å². The van der Waals surface area contributed by atoms with Gasteiger partial charge in [-0.15, -0.1) is 24.8 Å². The summed E-state index contributed by atoms with van der Waals surface area (Å²) >= 11 is 0. The van der Waals surface area contributed by atoms with Gasteiger partial charge in [-0.1, -0.05) is 6.07 Å². The van der Waals surface area contributed by atoms with Gasteiger partial charge in [0.2, 0.25) is 0 Å². The minimum absolute atomic E-state index is 0. The number of nitrogens with zero attached hydrogens (tertiary/aromatic N) is 1. The summed E-state index contributed by atoms with van der Waals surface area (Å²) in [5.41, 5.74) is 3.14. The number of hydrogen-bond donors (Lipinski definition) is 4. The third kappa shape index (κ3) is 7.00. The molecule has 1 aromatic heterocycles. The summed E-state index contributed by atoms with van der Waals surface area (Å²) in [6.45, 7) is 2.52. The summed E-state index contributed by atoms with van der Waals surface area (Å²) in [4.78, 5) is 31.9. The monoisotopic (exact) mass is 453 g/mol. The van der Waals surface area contributed by atoms with Gasteiger partial charge in [-0.3, -0.25) is 9.59 Å². The van der Waals surface area contributed by atoms with E-state index in [0.717, 1.165) is 17.6 Å². The topological polar surface area (TPSA) is 108 Å². The van der Waals surface area contributed by atoms with Crippen LogP contribution in [0.1, 0.15) is 20.7 Å². The third-order valence-electron chi connectivity index (χ3n) is 4.14. The van der Waals surface area contributed by atoms with Crippen LogP contribution in [0.4, 0.5) is 5.69 Å². The van der Waals surface area contributed by atoms with Gasteiger partial charge in [-0.2, -0.15) is 0 Å². The largest absolute Gasteiger partial charge is 0.383 e. The fourth-order valence-electron chi connectivity index (χ4n) is 2.68. The number of carbonyl (C=O) groups excluding carboxylic acids is 2. The van der Waals surface area contributed by atoms with E-state index in [0.29, 0.717) is 36.5 Å². The number of nitrogens with one attached hydrogen (secondary N) is 4. The van der Waals surface area contributed by atoms with Crippen molar-refractivity contribution in [2.45, 2.75) is 0 Å². The number of hydrogen-bond acceptors (Lipinski definition) is 5. The maximum Gasteiger partial charge on any atom is 0.255 e. The van der Waals surface area contributed by atoms with Crippen molar-refractivity contribution in [3.05, 3.63) is 59.9 Å². The minimum Gasteiger partial charge on any atom is -0.383 e. The second kappa shape index (κ2) is 12.8. The van der Waals surface area contributed by atoms with Gasteiger partial charge < -0.3 is 25.7 Å². The second-order valence-electron chi connectivity index (χ2n) is 6.17. The van der Waals surface area contributed by atoms with E-state index in [1.54, 1.807) is 55.9 Å². The average Bonchev–Trinajstić information content (AvgIpc) is 3.18. The van der Waals surface area contributed by atoms with Crippen LogP contribution in [0.15, 0.2) is 48.8 Å². The van der Waals surface area contributed by atoms with E-state index >= 15 is 0 Å². The molecule has 1 heterocycles. The number of fused-ring (bicyclic) bond motifs is 1. The Morgan fingerprint density at radius 2 is 1.80 bits per heavy atom. The number of rotatable bonds is 9. The molecule has 30 heavy (non-hydrogen) atoms. The normalized spacial score (nSPS) is 10.0. The predicted octanol–water partition coefficient (Wildman–Crippen LogP) is 2.62. The van der Waals surface area contributed by atoms with Gasteiger partial charge in [-0.05, 0) is 36.4 Å². The van der Waals surface area contributed by atoms with Gasteiger partial charge in [0.05, 0.1) is 24.0 Å². The molecule has 0 saturated carbocycles. The molecule has 0 radical (unpaired) electrons. The molecule has 0 spiro atoms. The van der Waals surface area contributed by atoms with Crippen LogP contribution < -0.4 is 16.0 Å². The molecule has 0 aliphatic carbocycles. The molecule has 2 amide bonds. The Balaban J connectivity index is 0.00000225. The van der Waals surface area contributed by atoms with Crippen LogP contribution in [-0.2, 0) is 4.74 Å². The van der Waals surface area contributed by atoms with Crippen molar-refractivity contribution in [2.24, 2.45) is 0 Å². The molecule has 0 saturated heterocycles. The first-order valence-electron chi connectivity index (χ1n) is 9.00. The summed E-state index contributed by atoms with van der Waals surface area (Å²) in [6, 6.07) is 12.1. The van der Waals surface area contributed by atoms with Crippen molar-refractivity contribution in [1.29, 1.82) is 0 Å². The van der Waals surface area contributed by atoms with Crippen LogP contribution in [0.2, 0.25) is 0 Å². The number of ether oxygens (including phenoxy) is 1. The van der Waals surface area contributed by atoms with Crippen molar-refractivity contribution >= 4 is 53.3 Å². The number of aromatic nitrogens is 2. The molecular formula is C20H25Cl2N5O3. The number of aromatic amines is 1. The molecule has 2 aromatic carbocycles. The molecular weight excluding hydrogens is 429 g/mol. The smallest absolute Gasteiger partial charge is 0.255 e. The lowest BCUT2D eigenvalue weighted by atomic mass is 10.1. The molecule has 8 nitrogen and oxygen atoms in total. The molecule has 0 bridgehead atoms. The Morgan fingerprint density at radius 1 is 1.00 bits per heavy atom. The Bertz CT molecular complexity index is 964. The van der Waals surface area contributed by atoms with Gasteiger partial charge in [0, 0.05) is 43.6 Å². The molecule has 3 aromatic rings. The Morgan fingerprint density at radius 3 is 2.60 bits per heavy atom. The molecule has 3 rings (SSSR count).